The summed E-state index contributed by atoms with van der Waals surface area (Å²) in [4.78, 5) is 10.6. The molecule has 1 N–H and O–H groups in total. The van der Waals surface area contributed by atoms with Gasteiger partial charge in [0.05, 0.1) is 22.7 Å². The van der Waals surface area contributed by atoms with Crippen LogP contribution in [0.3, 0.4) is 0 Å². The molecule has 6 nitrogen and oxygen atoms in total. The molecule has 3 atom stereocenters. The minimum atomic E-state index is -4.70. The van der Waals surface area contributed by atoms with Gasteiger partial charge in [-0.25, -0.2) is 8.42 Å². The number of anilines is 1. The van der Waals surface area contributed by atoms with E-state index in [0.717, 1.165) is 47.3 Å². The van der Waals surface area contributed by atoms with Gasteiger partial charge in [-0.2, -0.15) is 13.2 Å². The average molecular weight is 538 g/mol. The summed E-state index contributed by atoms with van der Waals surface area (Å²) in [6.07, 6.45) is -0.583. The van der Waals surface area contributed by atoms with E-state index in [1.54, 1.807) is 12.1 Å². The van der Waals surface area contributed by atoms with Gasteiger partial charge in [-0.1, -0.05) is 37.6 Å². The Morgan fingerprint density at radius 2 is 1.84 bits per heavy atom. The normalized spacial score (nSPS) is 23.4. The van der Waals surface area contributed by atoms with Crippen LogP contribution >= 0.6 is 0 Å². The van der Waals surface area contributed by atoms with Crippen molar-refractivity contribution in [2.45, 2.75) is 63.1 Å². The third-order valence-electron chi connectivity index (χ3n) is 6.74. The molecule has 0 bridgehead atoms. The highest BCUT2D eigenvalue weighted by Crippen LogP contribution is 2.41. The summed E-state index contributed by atoms with van der Waals surface area (Å²) in [5, 5.41) is 9.08. The third kappa shape index (κ3) is 6.29. The first kappa shape index (κ1) is 27.0. The SMILES string of the molecule is C[C@@H]1CC(=Cc2ccc3c(c2)N(S(=O)(=O)c2cccc(C(F)(F)F)c2)CC(CCC(=O)O)O3)C[C@H](C)C1. The second-order valence-electron chi connectivity index (χ2n) is 10.1. The fourth-order valence-corrected chi connectivity index (χ4v) is 6.77. The van der Waals surface area contributed by atoms with Gasteiger partial charge >= 0.3 is 12.1 Å². The number of hydrogen-bond donors (Lipinski definition) is 1. The minimum absolute atomic E-state index is 0.0466. The molecule has 1 saturated carbocycles. The van der Waals surface area contributed by atoms with Gasteiger partial charge in [-0.3, -0.25) is 9.10 Å². The Hall–Kier alpha value is -3.01. The summed E-state index contributed by atoms with van der Waals surface area (Å²) in [5.41, 5.74) is 1.18. The summed E-state index contributed by atoms with van der Waals surface area (Å²) in [6.45, 7) is 4.18. The van der Waals surface area contributed by atoms with Crippen LogP contribution in [0, 0.1) is 11.8 Å². The molecule has 0 radical (unpaired) electrons. The van der Waals surface area contributed by atoms with Crippen LogP contribution in [-0.2, 0) is 21.0 Å². The molecule has 10 heteroatoms. The summed E-state index contributed by atoms with van der Waals surface area (Å²) in [7, 11) is -4.41. The number of nitrogens with zero attached hydrogens (tertiary/aromatic N) is 1. The van der Waals surface area contributed by atoms with Gasteiger partial charge in [0.2, 0.25) is 0 Å². The zero-order chi connectivity index (χ0) is 27.0. The van der Waals surface area contributed by atoms with Gasteiger partial charge in [0.15, 0.2) is 0 Å². The second-order valence-corrected chi connectivity index (χ2v) is 12.0. The van der Waals surface area contributed by atoms with E-state index in [4.69, 9.17) is 9.84 Å². The lowest BCUT2D eigenvalue weighted by Gasteiger charge is -2.35. The van der Waals surface area contributed by atoms with Crippen molar-refractivity contribution in [3.05, 3.63) is 59.2 Å². The fraction of sp³-hybridized carbons (Fsp3) is 0.444. The first-order valence-electron chi connectivity index (χ1n) is 12.2. The largest absolute Gasteiger partial charge is 0.486 e. The summed E-state index contributed by atoms with van der Waals surface area (Å²) in [5.74, 6) is 0.275. The van der Waals surface area contributed by atoms with Gasteiger partial charge in [-0.15, -0.1) is 0 Å². The van der Waals surface area contributed by atoms with Crippen molar-refractivity contribution in [2.75, 3.05) is 10.8 Å². The number of ether oxygens (including phenoxy) is 1. The first-order valence-corrected chi connectivity index (χ1v) is 13.7. The van der Waals surface area contributed by atoms with Crippen LogP contribution in [0.1, 0.15) is 57.1 Å². The highest BCUT2D eigenvalue weighted by molar-refractivity contribution is 7.92. The van der Waals surface area contributed by atoms with Crippen molar-refractivity contribution in [1.82, 2.24) is 0 Å². The molecule has 1 aliphatic heterocycles. The monoisotopic (exact) mass is 537 g/mol. The standard InChI is InChI=1S/C27H30F3NO5S/c1-17-10-18(2)12-20(11-17)13-19-6-8-25-24(14-19)31(16-22(36-25)7-9-26(32)33)37(34,35)23-5-3-4-21(15-23)27(28,29)30/h3-6,8,13-15,17-18,22H,7,9-12,16H2,1-2H3,(H,32,33)/t17-,18+,22?. The number of allylic oxidation sites excluding steroid dienone is 1. The van der Waals surface area contributed by atoms with Crippen LogP contribution in [0.2, 0.25) is 0 Å². The highest BCUT2D eigenvalue weighted by Gasteiger charge is 2.37. The van der Waals surface area contributed by atoms with E-state index >= 15 is 0 Å². The lowest BCUT2D eigenvalue weighted by atomic mass is 9.80. The number of hydrogen-bond acceptors (Lipinski definition) is 4. The molecule has 1 fully saturated rings. The lowest BCUT2D eigenvalue weighted by Crippen LogP contribution is -2.43. The Labute approximate surface area is 214 Å². The maximum absolute atomic E-state index is 13.7. The molecule has 1 unspecified atom stereocenters. The topological polar surface area (TPSA) is 83.9 Å². The Morgan fingerprint density at radius 3 is 2.49 bits per heavy atom. The van der Waals surface area contributed by atoms with Crippen molar-refractivity contribution in [2.24, 2.45) is 11.8 Å². The number of carboxylic acids is 1. The number of carbonyl (C=O) groups is 1. The highest BCUT2D eigenvalue weighted by atomic mass is 32.2. The van der Waals surface area contributed by atoms with Gasteiger partial charge < -0.3 is 9.84 Å². The van der Waals surface area contributed by atoms with Crippen molar-refractivity contribution in [3.63, 3.8) is 0 Å². The quantitative estimate of drug-likeness (QED) is 0.463. The Kier molecular flexibility index (Phi) is 7.60. The van der Waals surface area contributed by atoms with Crippen molar-refractivity contribution in [3.8, 4) is 5.75 Å². The van der Waals surface area contributed by atoms with E-state index in [0.29, 0.717) is 17.9 Å². The Morgan fingerprint density at radius 1 is 1.14 bits per heavy atom. The maximum atomic E-state index is 13.7. The van der Waals surface area contributed by atoms with Crippen molar-refractivity contribution in [1.29, 1.82) is 0 Å². The molecule has 0 aromatic heterocycles. The molecule has 2 aromatic rings. The maximum Gasteiger partial charge on any atom is 0.416 e. The molecular weight excluding hydrogens is 507 g/mol. The summed E-state index contributed by atoms with van der Waals surface area (Å²) < 4.78 is 74.3. The molecule has 0 saturated heterocycles. The van der Waals surface area contributed by atoms with Crippen LogP contribution in [0.15, 0.2) is 52.9 Å². The van der Waals surface area contributed by atoms with Gasteiger partial charge in [0.25, 0.3) is 10.0 Å². The van der Waals surface area contributed by atoms with Crippen molar-refractivity contribution >= 4 is 27.8 Å². The second kappa shape index (κ2) is 10.4. The predicted octanol–water partition coefficient (Wildman–Crippen LogP) is 6.37. The summed E-state index contributed by atoms with van der Waals surface area (Å²) >= 11 is 0. The molecule has 2 aliphatic rings. The predicted molar refractivity (Wildman–Crippen MR) is 134 cm³/mol. The van der Waals surface area contributed by atoms with E-state index in [1.807, 2.05) is 12.1 Å². The van der Waals surface area contributed by atoms with Crippen LogP contribution in [-0.4, -0.2) is 32.1 Å². The Bertz CT molecular complexity index is 1290. The molecule has 2 aromatic carbocycles. The van der Waals surface area contributed by atoms with Gasteiger partial charge in [0.1, 0.15) is 11.9 Å². The van der Waals surface area contributed by atoms with E-state index in [-0.39, 0.29) is 30.8 Å². The molecular formula is C27H30F3NO5S. The molecule has 1 heterocycles. The third-order valence-corrected chi connectivity index (χ3v) is 8.52. The number of aliphatic carboxylic acids is 1. The molecule has 0 spiro atoms. The zero-order valence-electron chi connectivity index (χ0n) is 20.7. The van der Waals surface area contributed by atoms with Gasteiger partial charge in [0, 0.05) is 6.42 Å². The van der Waals surface area contributed by atoms with Gasteiger partial charge in [-0.05, 0) is 73.4 Å². The first-order chi connectivity index (χ1) is 17.3. The van der Waals surface area contributed by atoms with Crippen LogP contribution in [0.5, 0.6) is 5.75 Å². The molecule has 0 amide bonds. The fourth-order valence-electron chi connectivity index (χ4n) is 5.23. The number of carboxylic acid groups (broad SMARTS) is 1. The number of sulfonamides is 1. The number of rotatable bonds is 6. The van der Waals surface area contributed by atoms with Crippen LogP contribution in [0.25, 0.3) is 6.08 Å². The smallest absolute Gasteiger partial charge is 0.416 e. The van der Waals surface area contributed by atoms with E-state index in [9.17, 15) is 26.4 Å². The van der Waals surface area contributed by atoms with E-state index in [1.165, 1.54) is 5.57 Å². The zero-order valence-corrected chi connectivity index (χ0v) is 21.5. The molecule has 1 aliphatic carbocycles. The molecule has 37 heavy (non-hydrogen) atoms. The average Bonchev–Trinajstić information content (AvgIpc) is 2.81. The number of fused-ring (bicyclic) bond motifs is 1. The van der Waals surface area contributed by atoms with E-state index < -0.39 is 38.7 Å². The summed E-state index contributed by atoms with van der Waals surface area (Å²) in [6, 6.07) is 8.74. The Balaban J connectivity index is 1.75. The minimum Gasteiger partial charge on any atom is -0.486 e. The number of halogens is 3. The van der Waals surface area contributed by atoms with E-state index in [2.05, 4.69) is 13.8 Å². The number of alkyl halides is 3. The molecule has 4 rings (SSSR count). The van der Waals surface area contributed by atoms with Crippen LogP contribution in [0.4, 0.5) is 18.9 Å². The number of benzene rings is 2. The lowest BCUT2D eigenvalue weighted by molar-refractivity contribution is -0.138. The van der Waals surface area contributed by atoms with Crippen molar-refractivity contribution < 1.29 is 36.2 Å². The van der Waals surface area contributed by atoms with Crippen LogP contribution < -0.4 is 9.04 Å². The molecule has 200 valence electrons.